The topological polar surface area (TPSA) is 67.1 Å². The van der Waals surface area contributed by atoms with Crippen LogP contribution < -0.4 is 16.4 Å². The summed E-state index contributed by atoms with van der Waals surface area (Å²) in [7, 11) is 0. The first-order valence-corrected chi connectivity index (χ1v) is 6.60. The van der Waals surface area contributed by atoms with E-state index in [4.69, 9.17) is 17.3 Å². The number of nitrogens with one attached hydrogen (secondary N) is 2. The lowest BCUT2D eigenvalue weighted by Gasteiger charge is -2.19. The maximum Gasteiger partial charge on any atom is 0.319 e. The summed E-state index contributed by atoms with van der Waals surface area (Å²) in [6, 6.07) is 7.06. The number of hydrogen-bond acceptors (Lipinski definition) is 2. The van der Waals surface area contributed by atoms with Gasteiger partial charge in [0.05, 0.1) is 0 Å². The van der Waals surface area contributed by atoms with Crippen molar-refractivity contribution in [3.8, 4) is 0 Å². The molecule has 1 aromatic carbocycles. The molecule has 2 rings (SSSR count). The van der Waals surface area contributed by atoms with Crippen LogP contribution in [0, 0.1) is 5.92 Å². The van der Waals surface area contributed by atoms with Gasteiger partial charge in [0, 0.05) is 16.8 Å². The summed E-state index contributed by atoms with van der Waals surface area (Å²) in [6.45, 7) is 0.631. The molecule has 18 heavy (non-hydrogen) atoms. The maximum absolute atomic E-state index is 11.8. The summed E-state index contributed by atoms with van der Waals surface area (Å²) in [5.74, 6) is 0.404. The second kappa shape index (κ2) is 6.07. The van der Waals surface area contributed by atoms with Crippen molar-refractivity contribution in [2.45, 2.75) is 25.3 Å². The quantitative estimate of drug-likeness (QED) is 0.788. The number of hydrogen-bond donors (Lipinski definition) is 3. The van der Waals surface area contributed by atoms with E-state index in [1.165, 1.54) is 0 Å². The second-order valence-electron chi connectivity index (χ2n) is 4.64. The third kappa shape index (κ3) is 3.37. The first kappa shape index (κ1) is 13.2. The first-order chi connectivity index (χ1) is 8.69. The molecule has 1 saturated carbocycles. The number of nitrogens with two attached hydrogens (primary N) is 1. The highest BCUT2D eigenvalue weighted by Gasteiger charge is 2.27. The summed E-state index contributed by atoms with van der Waals surface area (Å²) in [4.78, 5) is 11.8. The van der Waals surface area contributed by atoms with Crippen LogP contribution in [0.2, 0.25) is 5.02 Å². The Hall–Kier alpha value is -1.26. The number of carbonyl (C=O) groups excluding carboxylic acids is 1. The molecule has 0 aliphatic heterocycles. The minimum absolute atomic E-state index is 0.178. The Balaban J connectivity index is 1.86. The molecular weight excluding hydrogens is 250 g/mol. The smallest absolute Gasteiger partial charge is 0.319 e. The van der Waals surface area contributed by atoms with E-state index in [-0.39, 0.29) is 12.1 Å². The zero-order valence-corrected chi connectivity index (χ0v) is 10.9. The molecule has 0 spiro atoms. The van der Waals surface area contributed by atoms with E-state index in [1.54, 1.807) is 24.3 Å². The molecule has 0 radical (unpaired) electrons. The Morgan fingerprint density at radius 3 is 2.72 bits per heavy atom. The fourth-order valence-electron chi connectivity index (χ4n) is 2.38. The highest BCUT2D eigenvalue weighted by atomic mass is 35.5. The van der Waals surface area contributed by atoms with Crippen molar-refractivity contribution >= 4 is 23.3 Å². The van der Waals surface area contributed by atoms with Gasteiger partial charge in [-0.05, 0) is 49.6 Å². The van der Waals surface area contributed by atoms with Crippen LogP contribution in [0.25, 0.3) is 0 Å². The highest BCUT2D eigenvalue weighted by Crippen LogP contribution is 2.24. The molecule has 0 bridgehead atoms. The van der Waals surface area contributed by atoms with Crippen molar-refractivity contribution in [2.75, 3.05) is 11.9 Å². The number of amides is 2. The zero-order chi connectivity index (χ0) is 13.0. The van der Waals surface area contributed by atoms with Crippen LogP contribution >= 0.6 is 11.6 Å². The van der Waals surface area contributed by atoms with Gasteiger partial charge in [0.1, 0.15) is 0 Å². The molecule has 0 saturated heterocycles. The summed E-state index contributed by atoms with van der Waals surface area (Å²) >= 11 is 5.78. The average Bonchev–Trinajstić information content (AvgIpc) is 2.79. The van der Waals surface area contributed by atoms with E-state index in [0.717, 1.165) is 24.9 Å². The molecule has 4 N–H and O–H groups in total. The molecule has 1 aliphatic carbocycles. The van der Waals surface area contributed by atoms with Crippen LogP contribution in [0.5, 0.6) is 0 Å². The van der Waals surface area contributed by atoms with Crippen molar-refractivity contribution in [2.24, 2.45) is 11.7 Å². The van der Waals surface area contributed by atoms with Gasteiger partial charge >= 0.3 is 6.03 Å². The monoisotopic (exact) mass is 267 g/mol. The molecule has 4 nitrogen and oxygen atoms in total. The van der Waals surface area contributed by atoms with Gasteiger partial charge in [-0.15, -0.1) is 0 Å². The summed E-state index contributed by atoms with van der Waals surface area (Å²) in [5.41, 5.74) is 6.42. The summed E-state index contributed by atoms with van der Waals surface area (Å²) < 4.78 is 0. The lowest BCUT2D eigenvalue weighted by molar-refractivity contribution is 0.245. The van der Waals surface area contributed by atoms with Crippen molar-refractivity contribution in [3.63, 3.8) is 0 Å². The number of rotatable bonds is 3. The van der Waals surface area contributed by atoms with E-state index in [9.17, 15) is 4.79 Å². The van der Waals surface area contributed by atoms with Gasteiger partial charge in [-0.3, -0.25) is 0 Å². The predicted molar refractivity (Wildman–Crippen MR) is 73.8 cm³/mol. The number of benzene rings is 1. The van der Waals surface area contributed by atoms with E-state index >= 15 is 0 Å². The summed E-state index contributed by atoms with van der Waals surface area (Å²) in [5, 5.41) is 6.42. The maximum atomic E-state index is 11.8. The fourth-order valence-corrected chi connectivity index (χ4v) is 2.50. The number of urea groups is 1. The van der Waals surface area contributed by atoms with Crippen LogP contribution in [0.4, 0.5) is 10.5 Å². The number of carbonyl (C=O) groups is 1. The number of halogens is 1. The van der Waals surface area contributed by atoms with E-state index in [1.807, 2.05) is 0 Å². The minimum Gasteiger partial charge on any atom is -0.335 e. The summed E-state index contributed by atoms with van der Waals surface area (Å²) in [6.07, 6.45) is 3.24. The molecule has 0 aromatic heterocycles. The SMILES string of the molecule is NCC1CCCC1NC(=O)Nc1ccc(Cl)cc1. The van der Waals surface area contributed by atoms with Crippen LogP contribution in [-0.2, 0) is 0 Å². The van der Waals surface area contributed by atoms with Crippen LogP contribution in [0.3, 0.4) is 0 Å². The molecule has 5 heteroatoms. The second-order valence-corrected chi connectivity index (χ2v) is 5.07. The fraction of sp³-hybridized carbons (Fsp3) is 0.462. The van der Waals surface area contributed by atoms with Crippen molar-refractivity contribution in [3.05, 3.63) is 29.3 Å². The lowest BCUT2D eigenvalue weighted by Crippen LogP contribution is -2.42. The van der Waals surface area contributed by atoms with Gasteiger partial charge in [-0.25, -0.2) is 4.79 Å². The third-order valence-electron chi connectivity index (χ3n) is 3.38. The zero-order valence-electron chi connectivity index (χ0n) is 10.2. The molecule has 2 unspecified atom stereocenters. The molecule has 1 fully saturated rings. The Labute approximate surface area is 112 Å². The van der Waals surface area contributed by atoms with Gasteiger partial charge in [0.2, 0.25) is 0 Å². The minimum atomic E-state index is -0.178. The van der Waals surface area contributed by atoms with Gasteiger partial charge < -0.3 is 16.4 Å². The van der Waals surface area contributed by atoms with Crippen molar-refractivity contribution in [1.82, 2.24) is 5.32 Å². The standard InChI is InChI=1S/C13H18ClN3O/c14-10-4-6-11(7-5-10)16-13(18)17-12-3-1-2-9(12)8-15/h4-7,9,12H,1-3,8,15H2,(H2,16,17,18). The van der Waals surface area contributed by atoms with E-state index in [0.29, 0.717) is 17.5 Å². The van der Waals surface area contributed by atoms with Crippen molar-refractivity contribution in [1.29, 1.82) is 0 Å². The molecule has 0 heterocycles. The van der Waals surface area contributed by atoms with Crippen LogP contribution in [-0.4, -0.2) is 18.6 Å². The molecular formula is C13H18ClN3O. The average molecular weight is 268 g/mol. The van der Waals surface area contributed by atoms with Gasteiger partial charge in [0.25, 0.3) is 0 Å². The molecule has 2 amide bonds. The molecule has 1 aromatic rings. The number of anilines is 1. The van der Waals surface area contributed by atoms with E-state index < -0.39 is 0 Å². The van der Waals surface area contributed by atoms with Gasteiger partial charge in [0.15, 0.2) is 0 Å². The first-order valence-electron chi connectivity index (χ1n) is 6.22. The van der Waals surface area contributed by atoms with Crippen LogP contribution in [0.1, 0.15) is 19.3 Å². The lowest BCUT2D eigenvalue weighted by atomic mass is 10.0. The molecule has 1 aliphatic rings. The Morgan fingerprint density at radius 2 is 2.06 bits per heavy atom. The third-order valence-corrected chi connectivity index (χ3v) is 3.63. The molecule has 98 valence electrons. The highest BCUT2D eigenvalue weighted by molar-refractivity contribution is 6.30. The normalized spacial score (nSPS) is 22.8. The van der Waals surface area contributed by atoms with Gasteiger partial charge in [-0.2, -0.15) is 0 Å². The van der Waals surface area contributed by atoms with E-state index in [2.05, 4.69) is 10.6 Å². The van der Waals surface area contributed by atoms with Crippen LogP contribution in [0.15, 0.2) is 24.3 Å². The van der Waals surface area contributed by atoms with Gasteiger partial charge in [-0.1, -0.05) is 18.0 Å². The Kier molecular flexibility index (Phi) is 4.44. The Morgan fingerprint density at radius 1 is 1.33 bits per heavy atom. The predicted octanol–water partition coefficient (Wildman–Crippen LogP) is 2.59. The molecule has 2 atom stereocenters. The Bertz CT molecular complexity index is 407. The van der Waals surface area contributed by atoms with Crippen molar-refractivity contribution < 1.29 is 4.79 Å². The largest absolute Gasteiger partial charge is 0.335 e.